The molecule has 0 atom stereocenters. The van der Waals surface area contributed by atoms with Crippen molar-refractivity contribution < 1.29 is 4.39 Å². The Morgan fingerprint density at radius 3 is 2.78 bits per heavy atom. The van der Waals surface area contributed by atoms with Crippen molar-refractivity contribution in [1.82, 2.24) is 19.6 Å². The average molecular weight is 328 g/mol. The number of fused-ring (bicyclic) bond motifs is 1. The van der Waals surface area contributed by atoms with Gasteiger partial charge in [0, 0.05) is 0 Å². The second-order valence-electron chi connectivity index (χ2n) is 4.76. The number of aromatic amines is 1. The van der Waals surface area contributed by atoms with E-state index in [1.54, 1.807) is 12.1 Å². The van der Waals surface area contributed by atoms with Crippen LogP contribution < -0.4 is 5.69 Å². The van der Waals surface area contributed by atoms with Gasteiger partial charge in [-0.15, -0.1) is 6.42 Å². The van der Waals surface area contributed by atoms with Crippen LogP contribution in [-0.2, 0) is 6.42 Å². The summed E-state index contributed by atoms with van der Waals surface area (Å²) >= 11 is 1.27. The lowest BCUT2D eigenvalue weighted by Gasteiger charge is -2.02. The predicted octanol–water partition coefficient (Wildman–Crippen LogP) is 2.51. The number of terminal acetylenes is 1. The molecule has 0 saturated carbocycles. The first-order valence-electron chi connectivity index (χ1n) is 6.98. The van der Waals surface area contributed by atoms with E-state index in [-0.39, 0.29) is 11.5 Å². The Labute approximate surface area is 136 Å². The molecule has 0 unspecified atom stereocenters. The molecule has 2 heterocycles. The SMILES string of the molecule is C#CCSc1nc2c(-c3ccc(F)cc3)c(CC)nn2c(=O)[nH]1. The topological polar surface area (TPSA) is 63.1 Å². The van der Waals surface area contributed by atoms with Crippen LogP contribution in [-0.4, -0.2) is 25.3 Å². The first kappa shape index (κ1) is 15.3. The molecule has 0 fully saturated rings. The van der Waals surface area contributed by atoms with E-state index < -0.39 is 0 Å². The molecule has 0 spiro atoms. The molecule has 3 rings (SSSR count). The summed E-state index contributed by atoms with van der Waals surface area (Å²) in [4.78, 5) is 19.3. The normalized spacial score (nSPS) is 10.8. The van der Waals surface area contributed by atoms with E-state index in [9.17, 15) is 9.18 Å². The van der Waals surface area contributed by atoms with Gasteiger partial charge in [0.05, 0.1) is 17.0 Å². The van der Waals surface area contributed by atoms with Gasteiger partial charge in [0.25, 0.3) is 0 Å². The van der Waals surface area contributed by atoms with Crippen LogP contribution in [0.1, 0.15) is 12.6 Å². The van der Waals surface area contributed by atoms with Crippen LogP contribution in [0.25, 0.3) is 16.8 Å². The Morgan fingerprint density at radius 2 is 2.13 bits per heavy atom. The van der Waals surface area contributed by atoms with Gasteiger partial charge in [0.15, 0.2) is 10.8 Å². The summed E-state index contributed by atoms with van der Waals surface area (Å²) in [5, 5.41) is 4.75. The Kier molecular flexibility index (Phi) is 4.17. The third kappa shape index (κ3) is 2.85. The van der Waals surface area contributed by atoms with Crippen molar-refractivity contribution in [3.05, 3.63) is 46.3 Å². The van der Waals surface area contributed by atoms with Crippen LogP contribution >= 0.6 is 11.8 Å². The van der Waals surface area contributed by atoms with Crippen LogP contribution in [0.4, 0.5) is 4.39 Å². The first-order chi connectivity index (χ1) is 11.1. The van der Waals surface area contributed by atoms with E-state index in [1.165, 1.54) is 28.4 Å². The fourth-order valence-corrected chi connectivity index (χ4v) is 2.84. The van der Waals surface area contributed by atoms with Gasteiger partial charge in [0.2, 0.25) is 0 Å². The highest BCUT2D eigenvalue weighted by atomic mass is 32.2. The van der Waals surface area contributed by atoms with Crippen molar-refractivity contribution in [3.63, 3.8) is 0 Å². The van der Waals surface area contributed by atoms with Gasteiger partial charge < -0.3 is 0 Å². The maximum atomic E-state index is 13.2. The summed E-state index contributed by atoms with van der Waals surface area (Å²) < 4.78 is 14.4. The van der Waals surface area contributed by atoms with Crippen LogP contribution in [0.15, 0.2) is 34.2 Å². The van der Waals surface area contributed by atoms with Crippen LogP contribution in [0, 0.1) is 18.2 Å². The molecule has 7 heteroatoms. The molecule has 0 aliphatic rings. The highest BCUT2D eigenvalue weighted by molar-refractivity contribution is 7.99. The molecule has 2 aromatic heterocycles. The third-order valence-electron chi connectivity index (χ3n) is 3.31. The Morgan fingerprint density at radius 1 is 1.39 bits per heavy atom. The number of aromatic nitrogens is 4. The zero-order valence-electron chi connectivity index (χ0n) is 12.3. The van der Waals surface area contributed by atoms with Crippen molar-refractivity contribution >= 4 is 17.4 Å². The van der Waals surface area contributed by atoms with E-state index >= 15 is 0 Å². The second kappa shape index (κ2) is 6.26. The molecule has 5 nitrogen and oxygen atoms in total. The quantitative estimate of drug-likeness (QED) is 0.590. The number of nitrogens with zero attached hydrogens (tertiary/aromatic N) is 3. The van der Waals surface area contributed by atoms with E-state index in [0.29, 0.717) is 23.0 Å². The fraction of sp³-hybridized carbons (Fsp3) is 0.188. The summed E-state index contributed by atoms with van der Waals surface area (Å²) in [5.41, 5.74) is 2.30. The van der Waals surface area contributed by atoms with Crippen molar-refractivity contribution in [2.45, 2.75) is 18.5 Å². The maximum absolute atomic E-state index is 13.2. The van der Waals surface area contributed by atoms with Gasteiger partial charge in [0.1, 0.15) is 5.82 Å². The molecular formula is C16H13FN4OS. The van der Waals surface area contributed by atoms with Crippen molar-refractivity contribution in [1.29, 1.82) is 0 Å². The fourth-order valence-electron chi connectivity index (χ4n) is 2.30. The van der Waals surface area contributed by atoms with Crippen molar-refractivity contribution in [2.24, 2.45) is 0 Å². The molecule has 0 saturated heterocycles. The minimum Gasteiger partial charge on any atom is -0.285 e. The van der Waals surface area contributed by atoms with Crippen molar-refractivity contribution in [2.75, 3.05) is 5.75 Å². The molecule has 0 aliphatic heterocycles. The highest BCUT2D eigenvalue weighted by Crippen LogP contribution is 2.28. The number of hydrogen-bond donors (Lipinski definition) is 1. The van der Waals surface area contributed by atoms with Gasteiger partial charge in [-0.25, -0.2) is 14.2 Å². The predicted molar refractivity (Wildman–Crippen MR) is 87.9 cm³/mol. The number of nitrogens with one attached hydrogen (secondary N) is 1. The molecule has 0 amide bonds. The Balaban J connectivity index is 2.26. The summed E-state index contributed by atoms with van der Waals surface area (Å²) in [6.07, 6.45) is 5.87. The van der Waals surface area contributed by atoms with Crippen LogP contribution in [0.2, 0.25) is 0 Å². The monoisotopic (exact) mass is 328 g/mol. The van der Waals surface area contributed by atoms with Gasteiger partial charge in [-0.3, -0.25) is 4.98 Å². The number of aryl methyl sites for hydroxylation is 1. The van der Waals surface area contributed by atoms with E-state index in [2.05, 4.69) is 21.0 Å². The van der Waals surface area contributed by atoms with E-state index in [4.69, 9.17) is 6.42 Å². The molecule has 3 aromatic rings. The average Bonchev–Trinajstić information content (AvgIpc) is 2.93. The first-order valence-corrected chi connectivity index (χ1v) is 7.96. The lowest BCUT2D eigenvalue weighted by atomic mass is 10.0. The van der Waals surface area contributed by atoms with Crippen LogP contribution in [0.5, 0.6) is 0 Å². The number of rotatable bonds is 4. The van der Waals surface area contributed by atoms with Gasteiger partial charge in [-0.2, -0.15) is 9.61 Å². The molecule has 0 radical (unpaired) electrons. The lowest BCUT2D eigenvalue weighted by Crippen LogP contribution is -2.19. The summed E-state index contributed by atoms with van der Waals surface area (Å²) in [6.45, 7) is 1.94. The molecule has 0 aliphatic carbocycles. The van der Waals surface area contributed by atoms with Gasteiger partial charge in [-0.1, -0.05) is 36.7 Å². The van der Waals surface area contributed by atoms with E-state index in [0.717, 1.165) is 16.8 Å². The van der Waals surface area contributed by atoms with Crippen molar-refractivity contribution in [3.8, 4) is 23.5 Å². The highest BCUT2D eigenvalue weighted by Gasteiger charge is 2.17. The number of thioether (sulfide) groups is 1. The molecule has 0 bridgehead atoms. The number of hydrogen-bond acceptors (Lipinski definition) is 4. The minimum absolute atomic E-state index is 0.320. The van der Waals surface area contributed by atoms with Gasteiger partial charge >= 0.3 is 5.69 Å². The summed E-state index contributed by atoms with van der Waals surface area (Å²) in [5.74, 6) is 2.57. The smallest absolute Gasteiger partial charge is 0.285 e. The summed E-state index contributed by atoms with van der Waals surface area (Å²) in [6, 6.07) is 6.06. The standard InChI is InChI=1S/C16H13FN4OS/c1-3-9-23-15-18-14-13(10-5-7-11(17)8-6-10)12(4-2)20-21(14)16(22)19-15/h1,5-8H,4,9H2,2H3,(H,18,19,22). The third-order valence-corrected chi connectivity index (χ3v) is 4.09. The Hall–Kier alpha value is -2.59. The molecular weight excluding hydrogens is 315 g/mol. The second-order valence-corrected chi connectivity index (χ2v) is 5.72. The molecule has 1 aromatic carbocycles. The van der Waals surface area contributed by atoms with E-state index in [1.807, 2.05) is 6.92 Å². The maximum Gasteiger partial charge on any atom is 0.350 e. The number of halogens is 1. The minimum atomic E-state index is -0.377. The Bertz CT molecular complexity index is 953. The zero-order chi connectivity index (χ0) is 16.4. The summed E-state index contributed by atoms with van der Waals surface area (Å²) in [7, 11) is 0. The largest absolute Gasteiger partial charge is 0.350 e. The van der Waals surface area contributed by atoms with Gasteiger partial charge in [-0.05, 0) is 24.1 Å². The molecule has 1 N–H and O–H groups in total. The molecule has 23 heavy (non-hydrogen) atoms. The zero-order valence-corrected chi connectivity index (χ0v) is 13.2. The molecule has 116 valence electrons. The van der Waals surface area contributed by atoms with Crippen LogP contribution in [0.3, 0.4) is 0 Å². The lowest BCUT2D eigenvalue weighted by molar-refractivity contribution is 0.628. The number of H-pyrrole nitrogens is 1. The number of benzene rings is 1.